The first-order chi connectivity index (χ1) is 11.6. The first kappa shape index (κ1) is 16.6. The van der Waals surface area contributed by atoms with Crippen molar-refractivity contribution >= 4 is 28.7 Å². The maximum Gasteiger partial charge on any atom is 0.317 e. The van der Waals surface area contributed by atoms with Gasteiger partial charge in [-0.1, -0.05) is 18.2 Å². The SMILES string of the molecule is CCOC(=O)[C@@H]1C(=O)C=C(c2ccsc2)C[C@H]1c1ccccc1F. The average Bonchev–Trinajstić information content (AvgIpc) is 3.09. The molecule has 0 radical (unpaired) electrons. The highest BCUT2D eigenvalue weighted by molar-refractivity contribution is 7.08. The van der Waals surface area contributed by atoms with Gasteiger partial charge in [-0.3, -0.25) is 9.59 Å². The van der Waals surface area contributed by atoms with E-state index in [2.05, 4.69) is 0 Å². The number of carbonyl (C=O) groups is 2. The summed E-state index contributed by atoms with van der Waals surface area (Å²) in [5.74, 6) is -2.87. The molecule has 0 unspecified atom stereocenters. The van der Waals surface area contributed by atoms with Gasteiger partial charge in [0.1, 0.15) is 11.7 Å². The van der Waals surface area contributed by atoms with E-state index < -0.39 is 23.6 Å². The summed E-state index contributed by atoms with van der Waals surface area (Å²) in [4.78, 5) is 24.9. The van der Waals surface area contributed by atoms with Crippen molar-refractivity contribution in [2.24, 2.45) is 5.92 Å². The third-order valence-corrected chi connectivity index (χ3v) is 4.89. The number of rotatable bonds is 4. The molecule has 1 aromatic heterocycles. The molecular formula is C19H17FO3S. The molecule has 0 N–H and O–H groups in total. The number of thiophene rings is 1. The molecule has 5 heteroatoms. The Morgan fingerprint density at radius 2 is 2.12 bits per heavy atom. The topological polar surface area (TPSA) is 43.4 Å². The van der Waals surface area contributed by atoms with Crippen LogP contribution in [-0.2, 0) is 14.3 Å². The molecule has 1 aliphatic rings. The second-order valence-corrected chi connectivity index (χ2v) is 6.43. The van der Waals surface area contributed by atoms with Crippen molar-refractivity contribution in [3.8, 4) is 0 Å². The molecule has 24 heavy (non-hydrogen) atoms. The molecule has 0 saturated heterocycles. The Kier molecular flexibility index (Phi) is 4.90. The van der Waals surface area contributed by atoms with Crippen molar-refractivity contribution in [2.45, 2.75) is 19.3 Å². The molecule has 0 spiro atoms. The average molecular weight is 344 g/mol. The molecule has 0 aliphatic heterocycles. The Bertz CT molecular complexity index is 780. The Hall–Kier alpha value is -2.27. The van der Waals surface area contributed by atoms with E-state index in [-0.39, 0.29) is 12.4 Å². The van der Waals surface area contributed by atoms with Gasteiger partial charge in [-0.25, -0.2) is 4.39 Å². The summed E-state index contributed by atoms with van der Waals surface area (Å²) < 4.78 is 19.4. The number of ketones is 1. The van der Waals surface area contributed by atoms with E-state index in [1.807, 2.05) is 16.8 Å². The van der Waals surface area contributed by atoms with Crippen LogP contribution >= 0.6 is 11.3 Å². The van der Waals surface area contributed by atoms with E-state index in [1.54, 1.807) is 25.1 Å². The van der Waals surface area contributed by atoms with Crippen LogP contribution < -0.4 is 0 Å². The maximum absolute atomic E-state index is 14.3. The molecule has 1 heterocycles. The minimum Gasteiger partial charge on any atom is -0.465 e. The smallest absolute Gasteiger partial charge is 0.317 e. The fourth-order valence-electron chi connectivity index (χ4n) is 3.10. The van der Waals surface area contributed by atoms with Crippen LogP contribution in [0.4, 0.5) is 4.39 Å². The molecule has 3 rings (SSSR count). The van der Waals surface area contributed by atoms with E-state index >= 15 is 0 Å². The summed E-state index contributed by atoms with van der Waals surface area (Å²) in [6.45, 7) is 1.88. The Morgan fingerprint density at radius 3 is 2.79 bits per heavy atom. The summed E-state index contributed by atoms with van der Waals surface area (Å²) in [7, 11) is 0. The van der Waals surface area contributed by atoms with Crippen LogP contribution in [0.25, 0.3) is 5.57 Å². The number of ether oxygens (including phenoxy) is 1. The highest BCUT2D eigenvalue weighted by atomic mass is 32.1. The number of benzene rings is 1. The van der Waals surface area contributed by atoms with Crippen molar-refractivity contribution in [1.29, 1.82) is 0 Å². The van der Waals surface area contributed by atoms with Gasteiger partial charge in [-0.2, -0.15) is 11.3 Å². The van der Waals surface area contributed by atoms with Crippen LogP contribution in [-0.4, -0.2) is 18.4 Å². The molecule has 124 valence electrons. The fraction of sp³-hybridized carbons (Fsp3) is 0.263. The lowest BCUT2D eigenvalue weighted by Crippen LogP contribution is -2.34. The normalized spacial score (nSPS) is 20.6. The summed E-state index contributed by atoms with van der Waals surface area (Å²) in [6, 6.07) is 8.22. The zero-order valence-electron chi connectivity index (χ0n) is 13.2. The predicted octanol–water partition coefficient (Wildman–Crippen LogP) is 4.21. The van der Waals surface area contributed by atoms with Gasteiger partial charge in [0.2, 0.25) is 0 Å². The lowest BCUT2D eigenvalue weighted by atomic mass is 9.74. The summed E-state index contributed by atoms with van der Waals surface area (Å²) in [6.07, 6.45) is 1.92. The highest BCUT2D eigenvalue weighted by Gasteiger charge is 2.40. The lowest BCUT2D eigenvalue weighted by Gasteiger charge is -2.29. The molecule has 3 nitrogen and oxygen atoms in total. The van der Waals surface area contributed by atoms with E-state index in [4.69, 9.17) is 4.74 Å². The molecule has 1 aliphatic carbocycles. The fourth-order valence-corrected chi connectivity index (χ4v) is 3.78. The molecule has 2 atom stereocenters. The third kappa shape index (κ3) is 3.17. The van der Waals surface area contributed by atoms with Crippen LogP contribution in [0, 0.1) is 11.7 Å². The van der Waals surface area contributed by atoms with Gasteiger partial charge in [0.05, 0.1) is 6.61 Å². The van der Waals surface area contributed by atoms with Crippen LogP contribution in [0.2, 0.25) is 0 Å². The maximum atomic E-state index is 14.3. The highest BCUT2D eigenvalue weighted by Crippen LogP contribution is 2.41. The number of hydrogen-bond donors (Lipinski definition) is 0. The van der Waals surface area contributed by atoms with Crippen LogP contribution in [0.5, 0.6) is 0 Å². The van der Waals surface area contributed by atoms with Gasteiger partial charge in [-0.05, 0) is 59.0 Å². The Balaban J connectivity index is 2.04. The van der Waals surface area contributed by atoms with E-state index in [9.17, 15) is 14.0 Å². The monoisotopic (exact) mass is 344 g/mol. The minimum atomic E-state index is -0.996. The Labute approximate surface area is 143 Å². The summed E-state index contributed by atoms with van der Waals surface area (Å²) >= 11 is 1.53. The molecule has 2 aromatic rings. The molecule has 0 bridgehead atoms. The van der Waals surface area contributed by atoms with Crippen molar-refractivity contribution in [1.82, 2.24) is 0 Å². The first-order valence-corrected chi connectivity index (χ1v) is 8.74. The number of esters is 1. The third-order valence-electron chi connectivity index (χ3n) is 4.20. The molecule has 0 saturated carbocycles. The summed E-state index contributed by atoms with van der Waals surface area (Å²) in [5.41, 5.74) is 2.15. The van der Waals surface area contributed by atoms with Crippen molar-refractivity contribution in [3.05, 3.63) is 64.1 Å². The molecule has 0 fully saturated rings. The van der Waals surface area contributed by atoms with Gasteiger partial charge in [-0.15, -0.1) is 0 Å². The summed E-state index contributed by atoms with van der Waals surface area (Å²) in [5, 5.41) is 3.87. The van der Waals surface area contributed by atoms with Crippen LogP contribution in [0.15, 0.2) is 47.2 Å². The van der Waals surface area contributed by atoms with E-state index in [0.29, 0.717) is 12.0 Å². The predicted molar refractivity (Wildman–Crippen MR) is 91.2 cm³/mol. The minimum absolute atomic E-state index is 0.188. The second kappa shape index (κ2) is 7.09. The van der Waals surface area contributed by atoms with Crippen molar-refractivity contribution in [2.75, 3.05) is 6.61 Å². The van der Waals surface area contributed by atoms with E-state index in [0.717, 1.165) is 11.1 Å². The largest absolute Gasteiger partial charge is 0.465 e. The first-order valence-electron chi connectivity index (χ1n) is 7.80. The van der Waals surface area contributed by atoms with Gasteiger partial charge < -0.3 is 4.74 Å². The van der Waals surface area contributed by atoms with Crippen LogP contribution in [0.3, 0.4) is 0 Å². The zero-order valence-corrected chi connectivity index (χ0v) is 14.0. The van der Waals surface area contributed by atoms with Crippen molar-refractivity contribution < 1.29 is 18.7 Å². The van der Waals surface area contributed by atoms with Gasteiger partial charge in [0, 0.05) is 5.92 Å². The van der Waals surface area contributed by atoms with Gasteiger partial charge >= 0.3 is 5.97 Å². The standard InChI is InChI=1S/C19H17FO3S/c1-2-23-19(22)18-15(14-5-3-4-6-16(14)20)9-13(10-17(18)21)12-7-8-24-11-12/h3-8,10-11,15,18H,2,9H2,1H3/t15-,18-/m0/s1. The number of halogens is 1. The molecule has 1 aromatic carbocycles. The lowest BCUT2D eigenvalue weighted by molar-refractivity contribution is -0.151. The second-order valence-electron chi connectivity index (χ2n) is 5.65. The number of allylic oxidation sites excluding steroid dienone is 2. The van der Waals surface area contributed by atoms with Gasteiger partial charge in [0.25, 0.3) is 0 Å². The molecular weight excluding hydrogens is 327 g/mol. The zero-order chi connectivity index (χ0) is 17.1. The number of hydrogen-bond acceptors (Lipinski definition) is 4. The number of carbonyl (C=O) groups excluding carboxylic acids is 2. The van der Waals surface area contributed by atoms with E-state index in [1.165, 1.54) is 23.5 Å². The molecule has 0 amide bonds. The van der Waals surface area contributed by atoms with Gasteiger partial charge in [0.15, 0.2) is 5.78 Å². The Morgan fingerprint density at radius 1 is 1.33 bits per heavy atom. The van der Waals surface area contributed by atoms with Crippen LogP contribution in [0.1, 0.15) is 30.4 Å². The quantitative estimate of drug-likeness (QED) is 0.616. The van der Waals surface area contributed by atoms with Crippen molar-refractivity contribution in [3.63, 3.8) is 0 Å².